The number of nitrogens with zero attached hydrogens (tertiary/aromatic N) is 1. The maximum absolute atomic E-state index is 4.31. The molecule has 0 saturated heterocycles. The average Bonchev–Trinajstić information content (AvgIpc) is 2.52. The molecule has 0 aromatic carbocycles. The van der Waals surface area contributed by atoms with Crippen LogP contribution in [0.5, 0.6) is 0 Å². The standard InChI is InChI=1S/C18H27BrN2/c1-20-18(9-13-8-17(19)12-21-11-13)16-7-6-14-4-2-3-5-15(14)10-16/h8,11-12,14-16,18,20H,2-7,9-10H2,1H3. The van der Waals surface area contributed by atoms with Crippen LogP contribution in [0.4, 0.5) is 0 Å². The Kier molecular flexibility index (Phi) is 5.33. The lowest BCUT2D eigenvalue weighted by atomic mass is 9.65. The number of pyridine rings is 1. The zero-order valence-corrected chi connectivity index (χ0v) is 14.6. The number of hydrogen-bond donors (Lipinski definition) is 1. The molecule has 1 N–H and O–H groups in total. The molecule has 2 aliphatic carbocycles. The number of aromatic nitrogens is 1. The van der Waals surface area contributed by atoms with Gasteiger partial charge in [-0.15, -0.1) is 0 Å². The number of fused-ring (bicyclic) bond motifs is 1. The van der Waals surface area contributed by atoms with Crippen LogP contribution in [0, 0.1) is 17.8 Å². The van der Waals surface area contributed by atoms with Crippen molar-refractivity contribution in [2.75, 3.05) is 7.05 Å². The molecule has 2 nitrogen and oxygen atoms in total. The zero-order valence-electron chi connectivity index (χ0n) is 13.0. The predicted molar refractivity (Wildman–Crippen MR) is 91.3 cm³/mol. The Morgan fingerprint density at radius 1 is 1.19 bits per heavy atom. The van der Waals surface area contributed by atoms with E-state index in [1.165, 1.54) is 50.5 Å². The first-order valence-electron chi connectivity index (χ1n) is 8.53. The summed E-state index contributed by atoms with van der Waals surface area (Å²) in [4.78, 5) is 4.31. The molecular weight excluding hydrogens is 324 g/mol. The molecule has 1 aromatic rings. The predicted octanol–water partition coefficient (Wildman–Crippen LogP) is 4.58. The molecule has 0 spiro atoms. The van der Waals surface area contributed by atoms with Crippen LogP contribution in [0.25, 0.3) is 0 Å². The summed E-state index contributed by atoms with van der Waals surface area (Å²) in [6, 6.07) is 2.81. The molecule has 4 atom stereocenters. The Hall–Kier alpha value is -0.410. The summed E-state index contributed by atoms with van der Waals surface area (Å²) < 4.78 is 1.09. The van der Waals surface area contributed by atoms with Gasteiger partial charge in [-0.25, -0.2) is 0 Å². The Labute approximate surface area is 137 Å². The normalized spacial score (nSPS) is 30.7. The second-order valence-corrected chi connectivity index (χ2v) is 7.90. The van der Waals surface area contributed by atoms with Crippen LogP contribution >= 0.6 is 15.9 Å². The van der Waals surface area contributed by atoms with Crippen LogP contribution in [-0.2, 0) is 6.42 Å². The highest BCUT2D eigenvalue weighted by atomic mass is 79.9. The van der Waals surface area contributed by atoms with Crippen LogP contribution < -0.4 is 5.32 Å². The smallest absolute Gasteiger partial charge is 0.0410 e. The molecule has 2 aliphatic rings. The van der Waals surface area contributed by atoms with Crippen molar-refractivity contribution < 1.29 is 0 Å². The van der Waals surface area contributed by atoms with Gasteiger partial charge in [0, 0.05) is 22.9 Å². The van der Waals surface area contributed by atoms with E-state index in [9.17, 15) is 0 Å². The van der Waals surface area contributed by atoms with Gasteiger partial charge >= 0.3 is 0 Å². The van der Waals surface area contributed by atoms with Crippen molar-refractivity contribution in [1.82, 2.24) is 10.3 Å². The topological polar surface area (TPSA) is 24.9 Å². The minimum Gasteiger partial charge on any atom is -0.316 e. The molecule has 0 aliphatic heterocycles. The van der Waals surface area contributed by atoms with Crippen molar-refractivity contribution in [3.8, 4) is 0 Å². The molecule has 3 rings (SSSR count). The summed E-state index contributed by atoms with van der Waals surface area (Å²) in [5, 5.41) is 3.59. The molecule has 1 aromatic heterocycles. The van der Waals surface area contributed by atoms with Crippen LogP contribution in [-0.4, -0.2) is 18.1 Å². The van der Waals surface area contributed by atoms with Gasteiger partial charge in [0.25, 0.3) is 0 Å². The summed E-state index contributed by atoms with van der Waals surface area (Å²) in [6.45, 7) is 0. The number of rotatable bonds is 4. The van der Waals surface area contributed by atoms with Gasteiger partial charge in [-0.2, -0.15) is 0 Å². The summed E-state index contributed by atoms with van der Waals surface area (Å²) >= 11 is 3.53. The fraction of sp³-hybridized carbons (Fsp3) is 0.722. The number of nitrogens with one attached hydrogen (secondary N) is 1. The highest BCUT2D eigenvalue weighted by Gasteiger charge is 2.34. The third-order valence-electron chi connectivity index (χ3n) is 5.74. The van der Waals surface area contributed by atoms with E-state index >= 15 is 0 Å². The second-order valence-electron chi connectivity index (χ2n) is 6.99. The third-order valence-corrected chi connectivity index (χ3v) is 6.17. The Morgan fingerprint density at radius 3 is 2.76 bits per heavy atom. The molecule has 0 bridgehead atoms. The zero-order chi connectivity index (χ0) is 14.7. The number of hydrogen-bond acceptors (Lipinski definition) is 2. The molecule has 0 amide bonds. The fourth-order valence-electron chi connectivity index (χ4n) is 4.60. The first kappa shape index (κ1) is 15.5. The SMILES string of the molecule is CNC(Cc1cncc(Br)c1)C1CCC2CCCCC2C1. The van der Waals surface area contributed by atoms with Crippen molar-refractivity contribution in [3.63, 3.8) is 0 Å². The molecule has 2 saturated carbocycles. The van der Waals surface area contributed by atoms with Gasteiger partial charge in [0.1, 0.15) is 0 Å². The van der Waals surface area contributed by atoms with Crippen LogP contribution in [0.3, 0.4) is 0 Å². The van der Waals surface area contributed by atoms with Gasteiger partial charge in [-0.1, -0.05) is 25.7 Å². The van der Waals surface area contributed by atoms with Crippen LogP contribution in [0.15, 0.2) is 22.9 Å². The van der Waals surface area contributed by atoms with Gasteiger partial charge in [-0.05, 0) is 78.0 Å². The highest BCUT2D eigenvalue weighted by molar-refractivity contribution is 9.10. The van der Waals surface area contributed by atoms with Crippen molar-refractivity contribution in [2.45, 2.75) is 57.4 Å². The van der Waals surface area contributed by atoms with Gasteiger partial charge in [0.05, 0.1) is 0 Å². The van der Waals surface area contributed by atoms with E-state index in [4.69, 9.17) is 0 Å². The Bertz CT molecular complexity index is 462. The van der Waals surface area contributed by atoms with E-state index in [-0.39, 0.29) is 0 Å². The molecule has 1 heterocycles. The van der Waals surface area contributed by atoms with E-state index in [1.807, 2.05) is 12.4 Å². The summed E-state index contributed by atoms with van der Waals surface area (Å²) in [6.07, 6.45) is 15.2. The molecule has 21 heavy (non-hydrogen) atoms. The molecule has 116 valence electrons. The molecule has 2 fully saturated rings. The Morgan fingerprint density at radius 2 is 2.00 bits per heavy atom. The number of halogens is 1. The lowest BCUT2D eigenvalue weighted by Gasteiger charge is -2.42. The van der Waals surface area contributed by atoms with E-state index in [0.717, 1.165) is 28.6 Å². The lowest BCUT2D eigenvalue weighted by molar-refractivity contribution is 0.111. The van der Waals surface area contributed by atoms with Gasteiger partial charge in [0.15, 0.2) is 0 Å². The summed E-state index contributed by atoms with van der Waals surface area (Å²) in [7, 11) is 2.13. The van der Waals surface area contributed by atoms with Crippen molar-refractivity contribution in [1.29, 1.82) is 0 Å². The molecule has 4 unspecified atom stereocenters. The largest absolute Gasteiger partial charge is 0.316 e. The molecular formula is C18H27BrN2. The maximum atomic E-state index is 4.31. The lowest BCUT2D eigenvalue weighted by Crippen LogP contribution is -2.40. The summed E-state index contributed by atoms with van der Waals surface area (Å²) in [5.74, 6) is 2.89. The quantitative estimate of drug-likeness (QED) is 0.859. The fourth-order valence-corrected chi connectivity index (χ4v) is 5.01. The molecule has 0 radical (unpaired) electrons. The average molecular weight is 351 g/mol. The van der Waals surface area contributed by atoms with Crippen molar-refractivity contribution in [3.05, 3.63) is 28.5 Å². The van der Waals surface area contributed by atoms with Gasteiger partial charge in [-0.3, -0.25) is 4.98 Å². The summed E-state index contributed by atoms with van der Waals surface area (Å²) in [5.41, 5.74) is 1.34. The third kappa shape index (κ3) is 3.87. The van der Waals surface area contributed by atoms with E-state index in [0.29, 0.717) is 6.04 Å². The Balaban J connectivity index is 1.63. The van der Waals surface area contributed by atoms with E-state index in [2.05, 4.69) is 39.3 Å². The van der Waals surface area contributed by atoms with Crippen LogP contribution in [0.2, 0.25) is 0 Å². The monoisotopic (exact) mass is 350 g/mol. The maximum Gasteiger partial charge on any atom is 0.0410 e. The van der Waals surface area contributed by atoms with Crippen LogP contribution in [0.1, 0.15) is 50.5 Å². The van der Waals surface area contributed by atoms with Gasteiger partial charge in [0.2, 0.25) is 0 Å². The second kappa shape index (κ2) is 7.23. The highest BCUT2D eigenvalue weighted by Crippen LogP contribution is 2.43. The van der Waals surface area contributed by atoms with Gasteiger partial charge < -0.3 is 5.32 Å². The van der Waals surface area contributed by atoms with E-state index < -0.39 is 0 Å². The minimum absolute atomic E-state index is 0.601. The number of likely N-dealkylation sites (N-methyl/N-ethyl adjacent to an activating group) is 1. The first-order chi connectivity index (χ1) is 10.3. The first-order valence-corrected chi connectivity index (χ1v) is 9.32. The van der Waals surface area contributed by atoms with Crippen molar-refractivity contribution in [2.24, 2.45) is 17.8 Å². The van der Waals surface area contributed by atoms with Crippen molar-refractivity contribution >= 4 is 15.9 Å². The molecule has 3 heteroatoms. The minimum atomic E-state index is 0.601. The van der Waals surface area contributed by atoms with E-state index in [1.54, 1.807) is 0 Å².